The zero-order valence-corrected chi connectivity index (χ0v) is 66.6. The van der Waals surface area contributed by atoms with Gasteiger partial charge in [-0.25, -0.2) is 33.0 Å². The minimum Gasteiger partial charge on any atom is -0.475 e. The Morgan fingerprint density at radius 3 is 1.29 bits per heavy atom. The number of nitrogens with two attached hydrogens (primary N) is 1. The molecule has 568 valence electrons. The molecule has 0 saturated carbocycles. The molecular weight excluding hydrogens is 1440 g/mol. The van der Waals surface area contributed by atoms with E-state index in [9.17, 15) is 18.0 Å². The number of ether oxygens (including phenoxy) is 5. The van der Waals surface area contributed by atoms with Gasteiger partial charge in [-0.3, -0.25) is 0 Å². The van der Waals surface area contributed by atoms with E-state index in [1.54, 1.807) is 22.7 Å². The van der Waals surface area contributed by atoms with E-state index in [4.69, 9.17) is 39.4 Å². The molecule has 2 amide bonds. The van der Waals surface area contributed by atoms with Gasteiger partial charge in [0, 0.05) is 103 Å². The largest absolute Gasteiger partial charge is 0.475 e. The predicted molar refractivity (Wildman–Crippen MR) is 427 cm³/mol. The van der Waals surface area contributed by atoms with Gasteiger partial charge in [0.2, 0.25) is 42.1 Å². The number of carbonyl (C=O) groups is 2. The molecule has 3 aliphatic heterocycles. The molecule has 9 heterocycles. The van der Waals surface area contributed by atoms with Crippen LogP contribution in [0.15, 0.2) is 132 Å². The molecule has 3 saturated heterocycles. The van der Waals surface area contributed by atoms with Crippen LogP contribution in [0.5, 0.6) is 17.6 Å². The Morgan fingerprint density at radius 2 is 0.917 bits per heavy atom. The summed E-state index contributed by atoms with van der Waals surface area (Å²) in [5.74, 6) is 1.89. The highest BCUT2D eigenvalue weighted by Crippen LogP contribution is 2.41. The van der Waals surface area contributed by atoms with Crippen molar-refractivity contribution in [3.8, 4) is 49.4 Å². The summed E-state index contributed by atoms with van der Waals surface area (Å²) >= 11 is 4.28. The molecule has 3 fully saturated rings. The number of fused-ring (bicyclic) bond motifs is 3. The number of alkyl carbamates (subject to hydrolysis) is 2. The van der Waals surface area contributed by atoms with Gasteiger partial charge in [-0.05, 0) is 198 Å². The quantitative estimate of drug-likeness (QED) is 0.0658. The van der Waals surface area contributed by atoms with Crippen LogP contribution in [0, 0.1) is 0 Å². The molecule has 0 radical (unpaired) electrons. The number of hydrogen-bond donors (Lipinski definition) is 4. The Bertz CT molecular complexity index is 4910. The molecule has 3 aliphatic carbocycles. The van der Waals surface area contributed by atoms with Gasteiger partial charge < -0.3 is 55.2 Å². The lowest BCUT2D eigenvalue weighted by molar-refractivity contribution is 0.0497. The van der Waals surface area contributed by atoms with Crippen LogP contribution in [0.3, 0.4) is 0 Å². The van der Waals surface area contributed by atoms with Gasteiger partial charge >= 0.3 is 12.2 Å². The molecule has 15 rings (SSSR count). The van der Waals surface area contributed by atoms with Crippen LogP contribution in [0.2, 0.25) is 0 Å². The van der Waals surface area contributed by atoms with Crippen molar-refractivity contribution < 1.29 is 41.7 Å². The van der Waals surface area contributed by atoms with Gasteiger partial charge in [0.25, 0.3) is 0 Å². The Labute approximate surface area is 644 Å². The van der Waals surface area contributed by atoms with Crippen LogP contribution in [0.25, 0.3) is 48.4 Å². The molecule has 0 bridgehead atoms. The van der Waals surface area contributed by atoms with E-state index < -0.39 is 21.0 Å². The van der Waals surface area contributed by atoms with Crippen molar-refractivity contribution in [2.75, 3.05) is 55.3 Å². The number of nitrogens with one attached hydrogen (secondary N) is 3. The third-order valence-corrected chi connectivity index (χ3v) is 22.3. The average Bonchev–Trinajstić information content (AvgIpc) is 1.64. The molecule has 5 N–H and O–H groups in total. The van der Waals surface area contributed by atoms with Crippen LogP contribution in [0.1, 0.15) is 153 Å². The summed E-state index contributed by atoms with van der Waals surface area (Å²) < 4.78 is 51.2. The van der Waals surface area contributed by atoms with E-state index in [0.717, 1.165) is 165 Å². The van der Waals surface area contributed by atoms with E-state index >= 15 is 0 Å². The number of sulfone groups is 1. The summed E-state index contributed by atoms with van der Waals surface area (Å²) in [6, 6.07) is 37.1. The monoisotopic (exact) mass is 1540 g/mol. The maximum absolute atomic E-state index is 12.1. The second-order valence-electron chi connectivity index (χ2n) is 30.0. The topological polar surface area (TPSA) is 299 Å². The van der Waals surface area contributed by atoms with Crippen molar-refractivity contribution in [3.63, 3.8) is 0 Å². The Balaban J connectivity index is 0.000000141. The van der Waals surface area contributed by atoms with E-state index in [1.165, 1.54) is 27.8 Å². The molecular formula is C80H95N15O9S4. The number of nitrogens with zero attached hydrogens (tertiary/aromatic N) is 11. The van der Waals surface area contributed by atoms with E-state index in [0.29, 0.717) is 29.2 Å². The number of amides is 2. The normalized spacial score (nSPS) is 17.1. The Kier molecular flexibility index (Phi) is 24.5. The summed E-state index contributed by atoms with van der Waals surface area (Å²) in [4.78, 5) is 41.9. The summed E-state index contributed by atoms with van der Waals surface area (Å²) in [6.45, 7) is 28.3. The van der Waals surface area contributed by atoms with Crippen molar-refractivity contribution in [3.05, 3.63) is 178 Å². The number of rotatable bonds is 17. The van der Waals surface area contributed by atoms with Crippen molar-refractivity contribution >= 4 is 83.0 Å². The number of aromatic nitrogens is 9. The third-order valence-electron chi connectivity index (χ3n) is 17.6. The number of carbonyl (C=O) groups excluding carboxylic acids is 2. The SMILES string of the molecule is CC(C)(C)OC(=O)N[C@H]1CCNC1.CC(C)Oc1cccc(C2=CCc3ccc(-c4nnc(N5CC[C@H](N)C5)s4)cc32)n1.CC(C)Oc1cccc(C2=CCc3ccc(-c4nnc(N5CC[C@H](NC(=O)OC(C)(C)C)C5)s4)cc32)n1.CC(C)Oc1cccc(C2=CCc3ccc(-c4nnc(S(C)(=O)=O)s4)cc32)n1. The zero-order valence-electron chi connectivity index (χ0n) is 63.4. The highest BCUT2D eigenvalue weighted by Gasteiger charge is 2.31. The first-order valence-corrected chi connectivity index (χ1v) is 40.9. The fourth-order valence-corrected chi connectivity index (χ4v) is 16.2. The number of anilines is 2. The Morgan fingerprint density at radius 1 is 0.519 bits per heavy atom. The fourth-order valence-electron chi connectivity index (χ4n) is 12.9. The lowest BCUT2D eigenvalue weighted by Gasteiger charge is -2.21. The molecule has 108 heavy (non-hydrogen) atoms. The van der Waals surface area contributed by atoms with Crippen LogP contribution in [-0.4, -0.2) is 159 Å². The van der Waals surface area contributed by atoms with E-state index in [-0.39, 0.29) is 53.0 Å². The fraction of sp³-hybridized carbons (Fsp3) is 0.412. The number of pyridine rings is 3. The second-order valence-corrected chi connectivity index (χ2v) is 35.1. The molecule has 3 aromatic carbocycles. The number of allylic oxidation sites excluding steroid dienone is 3. The van der Waals surface area contributed by atoms with Crippen molar-refractivity contribution in [2.24, 2.45) is 5.73 Å². The van der Waals surface area contributed by atoms with Gasteiger partial charge in [-0.1, -0.05) is 107 Å². The van der Waals surface area contributed by atoms with Crippen LogP contribution in [-0.2, 0) is 38.6 Å². The van der Waals surface area contributed by atoms with Crippen LogP contribution < -0.4 is 45.7 Å². The molecule has 6 aromatic heterocycles. The summed E-state index contributed by atoms with van der Waals surface area (Å²) in [5, 5.41) is 38.9. The second kappa shape index (κ2) is 33.9. The smallest absolute Gasteiger partial charge is 0.407 e. The zero-order chi connectivity index (χ0) is 76.6. The van der Waals surface area contributed by atoms with Gasteiger partial charge in [-0.15, -0.1) is 30.6 Å². The van der Waals surface area contributed by atoms with Crippen LogP contribution in [0.4, 0.5) is 19.9 Å². The van der Waals surface area contributed by atoms with Gasteiger partial charge in [0.05, 0.1) is 41.4 Å². The molecule has 28 heteroatoms. The first-order valence-electron chi connectivity index (χ1n) is 36.6. The molecule has 0 spiro atoms. The maximum Gasteiger partial charge on any atom is 0.407 e. The van der Waals surface area contributed by atoms with E-state index in [2.05, 4.69) is 116 Å². The lowest BCUT2D eigenvalue weighted by atomic mass is 10.0. The van der Waals surface area contributed by atoms with Crippen LogP contribution >= 0.6 is 34.0 Å². The molecule has 24 nitrogen and oxygen atoms in total. The van der Waals surface area contributed by atoms with Gasteiger partial charge in [0.1, 0.15) is 26.2 Å². The number of hydrogen-bond acceptors (Lipinski definition) is 25. The minimum atomic E-state index is -3.36. The highest BCUT2D eigenvalue weighted by atomic mass is 32.2. The average molecular weight is 1540 g/mol. The molecule has 3 atom stereocenters. The standard InChI is InChI=1S/C28H33N5O3S.C23H25N5OS.C20H19N3O3S2.C9H18N2O2/c1-17(2)35-24-8-6-7-23(30-24)21-12-11-18-9-10-19(15-22(18)21)25-31-32-26(37-25)33-14-13-20(16-33)29-27(34)36-28(3,4)5;1-14(2)29-21-5-3-4-20(25-21)18-9-8-15-6-7-16(12-19(15)18)22-26-27-23(30-22)28-11-10-17(24)13-28;1-12(2)26-18-6-4-5-17(21-18)15-10-9-13-7-8-14(11-16(13)15)19-22-23-20(27-19)28(3,24)25;1-9(2,3)13-8(12)11-7-4-5-10-6-7/h6-10,12,15,17,20H,11,13-14,16H2,1-5H3,(H,29,34);3-7,9,12,14,17H,8,10-11,13,24H2,1-2H3;4-8,10-12H,9H2,1-3H3;7,10H,4-6H2,1-3H3,(H,11,12)/t20-;17-;;7-/m00.0/s1. The first kappa shape index (κ1) is 78.0. The molecule has 0 unspecified atom stereocenters. The summed E-state index contributed by atoms with van der Waals surface area (Å²) in [5.41, 5.74) is 21.3. The summed E-state index contributed by atoms with van der Waals surface area (Å²) in [6.07, 6.45) is 12.7. The lowest BCUT2D eigenvalue weighted by Crippen LogP contribution is -2.40. The summed E-state index contributed by atoms with van der Waals surface area (Å²) in [7, 11) is -3.36. The predicted octanol–water partition coefficient (Wildman–Crippen LogP) is 14.0. The Hall–Kier alpha value is -9.58. The minimum absolute atomic E-state index is 0.0258. The highest BCUT2D eigenvalue weighted by molar-refractivity contribution is 7.92. The first-order chi connectivity index (χ1) is 51.5. The van der Waals surface area contributed by atoms with Gasteiger partial charge in [0.15, 0.2) is 0 Å². The third kappa shape index (κ3) is 20.6. The number of benzene rings is 3. The van der Waals surface area contributed by atoms with Gasteiger partial charge in [-0.2, -0.15) is 0 Å². The van der Waals surface area contributed by atoms with E-state index in [1.807, 2.05) is 156 Å². The molecule has 6 aliphatic rings. The molecule has 9 aromatic rings. The van der Waals surface area contributed by atoms with Crippen molar-refractivity contribution in [1.29, 1.82) is 0 Å². The maximum atomic E-state index is 12.1. The van der Waals surface area contributed by atoms with Crippen molar-refractivity contribution in [2.45, 2.75) is 174 Å². The van der Waals surface area contributed by atoms with Crippen molar-refractivity contribution in [1.82, 2.24) is 61.5 Å².